The first-order chi connectivity index (χ1) is 11.8. The zero-order valence-electron chi connectivity index (χ0n) is 15.3. The van der Waals surface area contributed by atoms with Gasteiger partial charge in [-0.25, -0.2) is 8.42 Å². The molecule has 140 valence electrons. The summed E-state index contributed by atoms with van der Waals surface area (Å²) in [5.41, 5.74) is 1.01. The lowest BCUT2D eigenvalue weighted by molar-refractivity contribution is -0.147. The summed E-state index contributed by atoms with van der Waals surface area (Å²) in [6, 6.07) is 6.73. The lowest BCUT2D eigenvalue weighted by Crippen LogP contribution is -2.46. The first-order valence-corrected chi connectivity index (χ1v) is 11.2. The van der Waals surface area contributed by atoms with Crippen LogP contribution in [-0.2, 0) is 19.6 Å². The number of nitrogens with zero attached hydrogens (tertiary/aromatic N) is 1. The first kappa shape index (κ1) is 20.3. The normalized spacial score (nSPS) is 22.6. The summed E-state index contributed by atoms with van der Waals surface area (Å²) in [5, 5.41) is 0. The minimum Gasteiger partial charge on any atom is -0.466 e. The van der Waals surface area contributed by atoms with Gasteiger partial charge < -0.3 is 4.74 Å². The second kappa shape index (κ2) is 8.56. The zero-order chi connectivity index (χ0) is 18.6. The van der Waals surface area contributed by atoms with Crippen LogP contribution >= 0.6 is 11.8 Å². The highest BCUT2D eigenvalue weighted by atomic mass is 32.2. The van der Waals surface area contributed by atoms with Crippen LogP contribution in [0.2, 0.25) is 0 Å². The number of carbonyl (C=O) groups is 1. The summed E-state index contributed by atoms with van der Waals surface area (Å²) < 4.78 is 33.2. The SMILES string of the molecule is CCOC(=O)C1CSC[C@H](C(C)C)N(S(=O)(=O)c2ccc(C)cc2)C1. The fourth-order valence-electron chi connectivity index (χ4n) is 2.87. The van der Waals surface area contributed by atoms with E-state index >= 15 is 0 Å². The molecule has 1 heterocycles. The first-order valence-electron chi connectivity index (χ1n) is 8.60. The van der Waals surface area contributed by atoms with Gasteiger partial charge in [0.1, 0.15) is 0 Å². The molecule has 1 aliphatic heterocycles. The number of hydrogen-bond donors (Lipinski definition) is 0. The number of hydrogen-bond acceptors (Lipinski definition) is 5. The molecule has 0 saturated carbocycles. The predicted molar refractivity (Wildman–Crippen MR) is 101 cm³/mol. The molecular formula is C18H27NO4S2. The van der Waals surface area contributed by atoms with Gasteiger partial charge in [0, 0.05) is 24.1 Å². The van der Waals surface area contributed by atoms with Gasteiger partial charge in [0.25, 0.3) is 0 Å². The second-order valence-corrected chi connectivity index (χ2v) is 9.65. The third-order valence-electron chi connectivity index (χ3n) is 4.39. The van der Waals surface area contributed by atoms with Crippen molar-refractivity contribution in [1.29, 1.82) is 0 Å². The monoisotopic (exact) mass is 385 g/mol. The molecule has 0 aromatic heterocycles. The number of carbonyl (C=O) groups excluding carboxylic acids is 1. The Labute approximate surface area is 155 Å². The van der Waals surface area contributed by atoms with Crippen molar-refractivity contribution in [2.75, 3.05) is 24.7 Å². The Morgan fingerprint density at radius 1 is 1.28 bits per heavy atom. The Bertz CT molecular complexity index is 686. The zero-order valence-corrected chi connectivity index (χ0v) is 16.9. The van der Waals surface area contributed by atoms with E-state index < -0.39 is 15.9 Å². The molecule has 1 unspecified atom stereocenters. The number of sulfonamides is 1. The maximum atomic E-state index is 13.3. The van der Waals surface area contributed by atoms with Gasteiger partial charge in [-0.2, -0.15) is 16.1 Å². The molecular weight excluding hydrogens is 358 g/mol. The molecule has 5 nitrogen and oxygen atoms in total. The molecule has 7 heteroatoms. The molecule has 0 bridgehead atoms. The number of benzene rings is 1. The van der Waals surface area contributed by atoms with Crippen LogP contribution in [0, 0.1) is 18.8 Å². The fourth-order valence-corrected chi connectivity index (χ4v) is 6.23. The van der Waals surface area contributed by atoms with E-state index in [2.05, 4.69) is 0 Å². The largest absolute Gasteiger partial charge is 0.466 e. The Hall–Kier alpha value is -1.05. The number of esters is 1. The van der Waals surface area contributed by atoms with E-state index in [0.717, 1.165) is 5.56 Å². The van der Waals surface area contributed by atoms with Crippen LogP contribution in [0.25, 0.3) is 0 Å². The van der Waals surface area contributed by atoms with E-state index in [9.17, 15) is 13.2 Å². The summed E-state index contributed by atoms with van der Waals surface area (Å²) in [5.74, 6) is 0.673. The number of thioether (sulfide) groups is 1. The molecule has 0 amide bonds. The van der Waals surface area contributed by atoms with E-state index in [4.69, 9.17) is 4.74 Å². The van der Waals surface area contributed by atoms with Gasteiger partial charge in [0.05, 0.1) is 17.4 Å². The van der Waals surface area contributed by atoms with Crippen molar-refractivity contribution in [2.24, 2.45) is 11.8 Å². The minimum absolute atomic E-state index is 0.143. The molecule has 25 heavy (non-hydrogen) atoms. The number of aryl methyl sites for hydroxylation is 1. The van der Waals surface area contributed by atoms with Crippen LogP contribution < -0.4 is 0 Å². The van der Waals surface area contributed by atoms with Crippen LogP contribution in [0.4, 0.5) is 0 Å². The maximum Gasteiger partial charge on any atom is 0.311 e. The van der Waals surface area contributed by atoms with E-state index in [1.165, 1.54) is 4.31 Å². The van der Waals surface area contributed by atoms with Crippen molar-refractivity contribution in [3.63, 3.8) is 0 Å². The van der Waals surface area contributed by atoms with Crippen LogP contribution in [0.15, 0.2) is 29.2 Å². The van der Waals surface area contributed by atoms with Crippen molar-refractivity contribution in [3.05, 3.63) is 29.8 Å². The average Bonchev–Trinajstić information content (AvgIpc) is 2.79. The predicted octanol–water partition coefficient (Wildman–Crippen LogP) is 2.94. The molecule has 0 radical (unpaired) electrons. The molecule has 1 saturated heterocycles. The Balaban J connectivity index is 2.39. The standard InChI is InChI=1S/C18H27NO4S2/c1-5-23-18(20)15-10-19(17(13(2)3)12-24-11-15)25(21,22)16-8-6-14(4)7-9-16/h6-9,13,15,17H,5,10-12H2,1-4H3/t15?,17-/m1/s1. The van der Waals surface area contributed by atoms with Gasteiger partial charge >= 0.3 is 5.97 Å². The Kier molecular flexibility index (Phi) is 6.93. The second-order valence-electron chi connectivity index (χ2n) is 6.69. The Morgan fingerprint density at radius 2 is 1.92 bits per heavy atom. The minimum atomic E-state index is -3.67. The molecule has 1 aliphatic rings. The van der Waals surface area contributed by atoms with E-state index in [-0.39, 0.29) is 29.4 Å². The van der Waals surface area contributed by atoms with Crippen LogP contribution in [-0.4, -0.2) is 49.4 Å². The van der Waals surface area contributed by atoms with E-state index in [0.29, 0.717) is 18.1 Å². The molecule has 2 rings (SSSR count). The van der Waals surface area contributed by atoms with Crippen LogP contribution in [0.3, 0.4) is 0 Å². The van der Waals surface area contributed by atoms with Crippen LogP contribution in [0.1, 0.15) is 26.3 Å². The van der Waals surface area contributed by atoms with Crippen molar-refractivity contribution in [2.45, 2.75) is 38.6 Å². The maximum absolute atomic E-state index is 13.3. The third-order valence-corrected chi connectivity index (χ3v) is 7.52. The molecule has 0 spiro atoms. The molecule has 1 fully saturated rings. The van der Waals surface area contributed by atoms with E-state index in [1.54, 1.807) is 43.0 Å². The van der Waals surface area contributed by atoms with Gasteiger partial charge in [0.2, 0.25) is 10.0 Å². The molecule has 0 aliphatic carbocycles. The fraction of sp³-hybridized carbons (Fsp3) is 0.611. The molecule has 1 aromatic rings. The van der Waals surface area contributed by atoms with Crippen molar-refractivity contribution >= 4 is 27.8 Å². The average molecular weight is 386 g/mol. The third kappa shape index (κ3) is 4.77. The molecule has 2 atom stereocenters. The topological polar surface area (TPSA) is 63.7 Å². The quantitative estimate of drug-likeness (QED) is 0.729. The highest BCUT2D eigenvalue weighted by Gasteiger charge is 2.39. The van der Waals surface area contributed by atoms with Gasteiger partial charge in [0.15, 0.2) is 0 Å². The van der Waals surface area contributed by atoms with Crippen LogP contribution in [0.5, 0.6) is 0 Å². The van der Waals surface area contributed by atoms with Crippen molar-refractivity contribution in [3.8, 4) is 0 Å². The smallest absolute Gasteiger partial charge is 0.311 e. The Morgan fingerprint density at radius 3 is 2.48 bits per heavy atom. The summed E-state index contributed by atoms with van der Waals surface area (Å²) in [4.78, 5) is 12.5. The summed E-state index contributed by atoms with van der Waals surface area (Å²) in [7, 11) is -3.67. The molecule has 1 aromatic carbocycles. The van der Waals surface area contributed by atoms with E-state index in [1.807, 2.05) is 20.8 Å². The highest BCUT2D eigenvalue weighted by Crippen LogP contribution is 2.30. The molecule has 0 N–H and O–H groups in total. The lowest BCUT2D eigenvalue weighted by Gasteiger charge is -2.32. The number of ether oxygens (including phenoxy) is 1. The summed E-state index contributed by atoms with van der Waals surface area (Å²) in [6.07, 6.45) is 0. The van der Waals surface area contributed by atoms with Gasteiger partial charge in [-0.1, -0.05) is 31.5 Å². The highest BCUT2D eigenvalue weighted by molar-refractivity contribution is 7.99. The number of rotatable bonds is 5. The lowest BCUT2D eigenvalue weighted by atomic mass is 10.1. The summed E-state index contributed by atoms with van der Waals surface area (Å²) in [6.45, 7) is 8.20. The summed E-state index contributed by atoms with van der Waals surface area (Å²) >= 11 is 1.63. The van der Waals surface area contributed by atoms with Crippen molar-refractivity contribution < 1.29 is 17.9 Å². The van der Waals surface area contributed by atoms with Gasteiger partial charge in [-0.05, 0) is 31.9 Å². The van der Waals surface area contributed by atoms with Gasteiger partial charge in [-0.3, -0.25) is 4.79 Å². The van der Waals surface area contributed by atoms with Crippen molar-refractivity contribution in [1.82, 2.24) is 4.31 Å². The van der Waals surface area contributed by atoms with Gasteiger partial charge in [-0.15, -0.1) is 0 Å².